The lowest BCUT2D eigenvalue weighted by molar-refractivity contribution is -0.353. The first-order valence-electron chi connectivity index (χ1n) is 7.19. The molecule has 0 aromatic carbocycles. The predicted octanol–water partition coefficient (Wildman–Crippen LogP) is 1.24. The molecule has 0 amide bonds. The highest BCUT2D eigenvalue weighted by Crippen LogP contribution is 2.11. The van der Waals surface area contributed by atoms with Gasteiger partial charge in [0.05, 0.1) is 37.9 Å². The molecule has 0 aromatic rings. The third-order valence-corrected chi connectivity index (χ3v) is 2.78. The molecule has 0 saturated carbocycles. The van der Waals surface area contributed by atoms with Crippen LogP contribution < -0.4 is 0 Å². The van der Waals surface area contributed by atoms with Gasteiger partial charge in [-0.3, -0.25) is 9.69 Å². The highest BCUT2D eigenvalue weighted by Gasteiger charge is 2.25. The first kappa shape index (κ1) is 17.4. The number of nitrogens with zero attached hydrogens (tertiary/aromatic N) is 1. The Morgan fingerprint density at radius 3 is 2.50 bits per heavy atom. The van der Waals surface area contributed by atoms with Gasteiger partial charge in [0, 0.05) is 19.6 Å². The lowest BCUT2D eigenvalue weighted by atomic mass is 10.1. The SMILES string of the molecule is CCOC(=O)C(COOC(C)(C)C)CN1CCOCC1. The standard InChI is InChI=1S/C14H27NO5/c1-5-18-13(16)12(11-19-20-14(2,3)4)10-15-6-8-17-9-7-15/h12H,5-11H2,1-4H3. The molecule has 1 saturated heterocycles. The second-order valence-electron chi connectivity index (χ2n) is 5.84. The Morgan fingerprint density at radius 2 is 1.95 bits per heavy atom. The molecule has 0 aliphatic carbocycles. The summed E-state index contributed by atoms with van der Waals surface area (Å²) in [7, 11) is 0. The Morgan fingerprint density at radius 1 is 1.30 bits per heavy atom. The van der Waals surface area contributed by atoms with Crippen molar-refractivity contribution < 1.29 is 24.0 Å². The van der Waals surface area contributed by atoms with E-state index in [4.69, 9.17) is 19.2 Å². The van der Waals surface area contributed by atoms with E-state index in [-0.39, 0.29) is 18.5 Å². The summed E-state index contributed by atoms with van der Waals surface area (Å²) >= 11 is 0. The zero-order chi connectivity index (χ0) is 15.0. The fourth-order valence-corrected chi connectivity index (χ4v) is 1.84. The molecule has 1 rings (SSSR count). The van der Waals surface area contributed by atoms with Crippen LogP contribution in [0.1, 0.15) is 27.7 Å². The van der Waals surface area contributed by atoms with Crippen LogP contribution in [0.25, 0.3) is 0 Å². The number of carbonyl (C=O) groups excluding carboxylic acids is 1. The molecule has 20 heavy (non-hydrogen) atoms. The average Bonchev–Trinajstić information content (AvgIpc) is 2.37. The lowest BCUT2D eigenvalue weighted by Crippen LogP contribution is -2.43. The molecule has 1 fully saturated rings. The molecule has 0 N–H and O–H groups in total. The molecule has 1 heterocycles. The second-order valence-corrected chi connectivity index (χ2v) is 5.84. The van der Waals surface area contributed by atoms with Crippen molar-refractivity contribution in [1.29, 1.82) is 0 Å². The summed E-state index contributed by atoms with van der Waals surface area (Å²) in [6.07, 6.45) is 0. The van der Waals surface area contributed by atoms with Gasteiger partial charge in [0.25, 0.3) is 0 Å². The van der Waals surface area contributed by atoms with Gasteiger partial charge in [0.15, 0.2) is 0 Å². The topological polar surface area (TPSA) is 57.2 Å². The molecule has 0 radical (unpaired) electrons. The summed E-state index contributed by atoms with van der Waals surface area (Å²) in [5.74, 6) is -0.577. The summed E-state index contributed by atoms with van der Waals surface area (Å²) in [5, 5.41) is 0. The van der Waals surface area contributed by atoms with Gasteiger partial charge in [-0.2, -0.15) is 0 Å². The van der Waals surface area contributed by atoms with Crippen LogP contribution in [0.15, 0.2) is 0 Å². The lowest BCUT2D eigenvalue weighted by Gasteiger charge is -2.29. The van der Waals surface area contributed by atoms with Crippen LogP contribution in [0.3, 0.4) is 0 Å². The van der Waals surface area contributed by atoms with E-state index < -0.39 is 5.60 Å². The Hall–Kier alpha value is -0.690. The first-order chi connectivity index (χ1) is 9.42. The summed E-state index contributed by atoms with van der Waals surface area (Å²) in [6, 6.07) is 0. The van der Waals surface area contributed by atoms with Gasteiger partial charge >= 0.3 is 5.97 Å². The number of esters is 1. The van der Waals surface area contributed by atoms with Crippen molar-refractivity contribution in [2.24, 2.45) is 5.92 Å². The predicted molar refractivity (Wildman–Crippen MR) is 74.2 cm³/mol. The Bertz CT molecular complexity index is 284. The number of rotatable bonds is 7. The molecule has 6 heteroatoms. The average molecular weight is 289 g/mol. The quantitative estimate of drug-likeness (QED) is 0.399. The molecule has 0 spiro atoms. The smallest absolute Gasteiger partial charge is 0.312 e. The van der Waals surface area contributed by atoms with E-state index in [1.807, 2.05) is 20.8 Å². The summed E-state index contributed by atoms with van der Waals surface area (Å²) in [6.45, 7) is 11.7. The molecular weight excluding hydrogens is 262 g/mol. The van der Waals surface area contributed by atoms with Gasteiger partial charge in [-0.05, 0) is 27.7 Å². The molecule has 0 aromatic heterocycles. The molecule has 1 aliphatic heterocycles. The van der Waals surface area contributed by atoms with Crippen molar-refractivity contribution >= 4 is 5.97 Å². The third kappa shape index (κ3) is 7.19. The Balaban J connectivity index is 2.44. The van der Waals surface area contributed by atoms with Crippen molar-refractivity contribution in [2.45, 2.75) is 33.3 Å². The maximum absolute atomic E-state index is 12.0. The maximum atomic E-state index is 12.0. The van der Waals surface area contributed by atoms with E-state index in [1.165, 1.54) is 0 Å². The van der Waals surface area contributed by atoms with E-state index in [0.29, 0.717) is 26.4 Å². The minimum absolute atomic E-state index is 0.202. The van der Waals surface area contributed by atoms with Gasteiger partial charge in [0.1, 0.15) is 0 Å². The van der Waals surface area contributed by atoms with Gasteiger partial charge in [-0.1, -0.05) is 0 Å². The van der Waals surface area contributed by atoms with Crippen molar-refractivity contribution in [3.8, 4) is 0 Å². The van der Waals surface area contributed by atoms with Gasteiger partial charge in [-0.25, -0.2) is 9.78 Å². The molecule has 1 atom stereocenters. The fourth-order valence-electron chi connectivity index (χ4n) is 1.84. The van der Waals surface area contributed by atoms with Crippen molar-refractivity contribution in [2.75, 3.05) is 46.1 Å². The van der Waals surface area contributed by atoms with Crippen LogP contribution in [-0.2, 0) is 24.0 Å². The van der Waals surface area contributed by atoms with Crippen molar-refractivity contribution in [3.63, 3.8) is 0 Å². The molecule has 6 nitrogen and oxygen atoms in total. The molecule has 118 valence electrons. The number of carbonyl (C=O) groups is 1. The molecule has 0 bridgehead atoms. The van der Waals surface area contributed by atoms with E-state index in [0.717, 1.165) is 13.1 Å². The number of hydrogen-bond donors (Lipinski definition) is 0. The van der Waals surface area contributed by atoms with Gasteiger partial charge in [-0.15, -0.1) is 0 Å². The maximum Gasteiger partial charge on any atom is 0.312 e. The zero-order valence-electron chi connectivity index (χ0n) is 13.0. The zero-order valence-corrected chi connectivity index (χ0v) is 13.0. The number of hydrogen-bond acceptors (Lipinski definition) is 6. The monoisotopic (exact) mass is 289 g/mol. The number of ether oxygens (including phenoxy) is 2. The van der Waals surface area contributed by atoms with Crippen LogP contribution in [0.2, 0.25) is 0 Å². The minimum Gasteiger partial charge on any atom is -0.466 e. The summed E-state index contributed by atoms with van der Waals surface area (Å²) < 4.78 is 10.4. The van der Waals surface area contributed by atoms with Crippen molar-refractivity contribution in [1.82, 2.24) is 4.90 Å². The van der Waals surface area contributed by atoms with E-state index in [1.54, 1.807) is 6.92 Å². The van der Waals surface area contributed by atoms with Crippen LogP contribution >= 0.6 is 0 Å². The van der Waals surface area contributed by atoms with Crippen LogP contribution in [0, 0.1) is 5.92 Å². The van der Waals surface area contributed by atoms with Crippen LogP contribution in [-0.4, -0.2) is 62.5 Å². The normalized spacial score (nSPS) is 18.8. The van der Waals surface area contributed by atoms with E-state index >= 15 is 0 Å². The molecular formula is C14H27NO5. The highest BCUT2D eigenvalue weighted by atomic mass is 17.2. The second kappa shape index (κ2) is 8.56. The minimum atomic E-state index is -0.391. The molecule has 1 aliphatic rings. The fraction of sp³-hybridized carbons (Fsp3) is 0.929. The van der Waals surface area contributed by atoms with Gasteiger partial charge in [0.2, 0.25) is 0 Å². The van der Waals surface area contributed by atoms with E-state index in [9.17, 15) is 4.79 Å². The summed E-state index contributed by atoms with van der Waals surface area (Å²) in [4.78, 5) is 24.6. The third-order valence-electron chi connectivity index (χ3n) is 2.78. The first-order valence-corrected chi connectivity index (χ1v) is 7.19. The van der Waals surface area contributed by atoms with Crippen LogP contribution in [0.4, 0.5) is 0 Å². The molecule has 1 unspecified atom stereocenters. The van der Waals surface area contributed by atoms with Gasteiger partial charge < -0.3 is 9.47 Å². The largest absolute Gasteiger partial charge is 0.466 e. The number of morpholine rings is 1. The summed E-state index contributed by atoms with van der Waals surface area (Å²) in [5.41, 5.74) is -0.391. The highest BCUT2D eigenvalue weighted by molar-refractivity contribution is 5.72. The Labute approximate surface area is 121 Å². The van der Waals surface area contributed by atoms with E-state index in [2.05, 4.69) is 4.90 Å². The van der Waals surface area contributed by atoms with Crippen molar-refractivity contribution in [3.05, 3.63) is 0 Å². The van der Waals surface area contributed by atoms with Crippen LogP contribution in [0.5, 0.6) is 0 Å². The Kier molecular flexibility index (Phi) is 7.43.